The molecule has 0 fully saturated rings. The highest BCUT2D eigenvalue weighted by Crippen LogP contribution is 2.14. The Hall–Kier alpha value is -2.97. The van der Waals surface area contributed by atoms with E-state index in [0.717, 1.165) is 89.9 Å². The smallest absolute Gasteiger partial charge is 0.362 e. The van der Waals surface area contributed by atoms with Gasteiger partial charge in [0.15, 0.2) is 12.1 Å². The summed E-state index contributed by atoms with van der Waals surface area (Å²) < 4.78 is 17.3. The van der Waals surface area contributed by atoms with Crippen molar-refractivity contribution in [1.29, 1.82) is 0 Å². The molecule has 0 rings (SSSR count). The lowest BCUT2D eigenvalue weighted by Crippen LogP contribution is -2.50. The van der Waals surface area contributed by atoms with E-state index in [0.29, 0.717) is 19.3 Å². The highest BCUT2D eigenvalue weighted by molar-refractivity contribution is 5.72. The number of hydrogen-bond donors (Lipinski definition) is 1. The molecule has 2 atom stereocenters. The number of carboxylic acids is 1. The first-order chi connectivity index (χ1) is 28.6. The molecule has 0 radical (unpaired) electrons. The zero-order valence-corrected chi connectivity index (χ0v) is 38.7. The summed E-state index contributed by atoms with van der Waals surface area (Å²) in [6.45, 7) is 4.60. The van der Waals surface area contributed by atoms with Crippen LogP contribution < -0.4 is 0 Å². The number of likely N-dealkylation sites (N-methyl/N-ethyl adjacent to an activating group) is 1. The van der Waals surface area contributed by atoms with E-state index in [2.05, 4.69) is 74.6 Å². The molecule has 0 saturated heterocycles. The molecule has 0 heterocycles. The van der Waals surface area contributed by atoms with Crippen molar-refractivity contribution in [1.82, 2.24) is 0 Å². The van der Waals surface area contributed by atoms with Crippen molar-refractivity contribution in [2.45, 2.75) is 206 Å². The Balaban J connectivity index is 4.35. The maximum absolute atomic E-state index is 12.8. The zero-order valence-electron chi connectivity index (χ0n) is 38.7. The van der Waals surface area contributed by atoms with Crippen LogP contribution in [0.25, 0.3) is 0 Å². The van der Waals surface area contributed by atoms with E-state index in [1.807, 2.05) is 21.1 Å². The van der Waals surface area contributed by atoms with E-state index in [1.54, 1.807) is 0 Å². The van der Waals surface area contributed by atoms with Gasteiger partial charge in [0.1, 0.15) is 6.61 Å². The first-order valence-electron chi connectivity index (χ1n) is 23.8. The highest BCUT2D eigenvalue weighted by Gasteiger charge is 2.31. The quantitative estimate of drug-likeness (QED) is 0.0283. The third-order valence-corrected chi connectivity index (χ3v) is 10.4. The van der Waals surface area contributed by atoms with Gasteiger partial charge < -0.3 is 23.8 Å². The summed E-state index contributed by atoms with van der Waals surface area (Å²) in [6.07, 6.45) is 51.2. The summed E-state index contributed by atoms with van der Waals surface area (Å²) >= 11 is 0. The molecule has 1 N–H and O–H groups in total. The van der Waals surface area contributed by atoms with Crippen LogP contribution in [0.15, 0.2) is 60.8 Å². The summed E-state index contributed by atoms with van der Waals surface area (Å²) in [7, 11) is 5.52. The van der Waals surface area contributed by atoms with Crippen LogP contribution in [0.1, 0.15) is 194 Å². The van der Waals surface area contributed by atoms with E-state index >= 15 is 0 Å². The molecule has 0 aliphatic heterocycles. The number of carbonyl (C=O) groups is 3. The van der Waals surface area contributed by atoms with Gasteiger partial charge >= 0.3 is 17.9 Å². The second kappa shape index (κ2) is 41.8. The number of hydrogen-bond acceptors (Lipinski definition) is 6. The van der Waals surface area contributed by atoms with Crippen LogP contribution in [0.5, 0.6) is 0 Å². The number of quaternary nitrogens is 1. The third kappa shape index (κ3) is 40.2. The minimum Gasteiger partial charge on any atom is -0.477 e. The van der Waals surface area contributed by atoms with E-state index < -0.39 is 18.1 Å². The monoisotopic (exact) mass is 829 g/mol. The van der Waals surface area contributed by atoms with E-state index in [-0.39, 0.29) is 36.2 Å². The fourth-order valence-corrected chi connectivity index (χ4v) is 6.72. The number of carboxylic acid groups (broad SMARTS) is 1. The molecule has 340 valence electrons. The predicted octanol–water partition coefficient (Wildman–Crippen LogP) is 13.4. The number of unbranched alkanes of at least 4 members (excludes halogenated alkanes) is 18. The number of ether oxygens (including phenoxy) is 3. The summed E-state index contributed by atoms with van der Waals surface area (Å²) in [6, 6.07) is -0.621. The Morgan fingerprint density at radius 3 is 1.42 bits per heavy atom. The van der Waals surface area contributed by atoms with Crippen molar-refractivity contribution >= 4 is 17.9 Å². The molecule has 0 saturated carbocycles. The van der Waals surface area contributed by atoms with Crippen molar-refractivity contribution in [3.63, 3.8) is 0 Å². The fraction of sp³-hybridized carbons (Fsp3) is 0.745. The van der Waals surface area contributed by atoms with Crippen LogP contribution in [0.4, 0.5) is 0 Å². The lowest BCUT2D eigenvalue weighted by Gasteiger charge is -2.31. The number of aliphatic carboxylic acids is 1. The molecule has 0 aliphatic rings. The third-order valence-electron chi connectivity index (χ3n) is 10.4. The van der Waals surface area contributed by atoms with Crippen molar-refractivity contribution < 1.29 is 38.2 Å². The minimum atomic E-state index is -0.880. The van der Waals surface area contributed by atoms with Crippen molar-refractivity contribution in [3.8, 4) is 0 Å². The molecule has 2 unspecified atom stereocenters. The Kier molecular flexibility index (Phi) is 39.6. The van der Waals surface area contributed by atoms with E-state index in [1.165, 1.54) is 70.6 Å². The largest absolute Gasteiger partial charge is 0.477 e. The summed E-state index contributed by atoms with van der Waals surface area (Å²) in [5.41, 5.74) is 0. The predicted molar refractivity (Wildman–Crippen MR) is 247 cm³/mol. The summed E-state index contributed by atoms with van der Waals surface area (Å²) in [5, 5.41) is 9.64. The van der Waals surface area contributed by atoms with E-state index in [4.69, 9.17) is 14.2 Å². The number of rotatable bonds is 42. The standard InChI is InChI=1S/C51H89NO7/c1-6-8-10-12-14-16-18-20-22-24-25-26-28-30-32-34-36-38-40-42-50(54)59-47(45-57-44-43-48(51(55)56)52(3,4)5)46-58-49(53)41-39-37-35-33-31-29-27-23-21-19-17-15-13-11-9-7-2/h8,10,14,16,20,22-23,25-27,47-48H,6-7,9,11-13,15,17-19,21,24,28-46H2,1-5H3/p+1/b10-8+,16-14+,22-20+,26-25+,27-23+. The molecule has 0 amide bonds. The van der Waals surface area contributed by atoms with Gasteiger partial charge in [-0.25, -0.2) is 4.79 Å². The molecule has 8 nitrogen and oxygen atoms in total. The van der Waals surface area contributed by atoms with Crippen LogP contribution in [-0.2, 0) is 28.6 Å². The Morgan fingerprint density at radius 2 is 0.949 bits per heavy atom. The first-order valence-corrected chi connectivity index (χ1v) is 23.8. The fourth-order valence-electron chi connectivity index (χ4n) is 6.72. The zero-order chi connectivity index (χ0) is 43.5. The van der Waals surface area contributed by atoms with Crippen LogP contribution in [-0.4, -0.2) is 80.6 Å². The Bertz CT molecular complexity index is 1150. The lowest BCUT2D eigenvalue weighted by atomic mass is 10.1. The molecule has 0 aromatic carbocycles. The molecular formula is C51H90NO7+. The molecule has 0 aliphatic carbocycles. The average molecular weight is 829 g/mol. The maximum Gasteiger partial charge on any atom is 0.362 e. The van der Waals surface area contributed by atoms with Gasteiger partial charge in [0.05, 0.1) is 34.4 Å². The molecule has 59 heavy (non-hydrogen) atoms. The maximum atomic E-state index is 12.8. The number of nitrogens with zero attached hydrogens (tertiary/aromatic N) is 1. The Morgan fingerprint density at radius 1 is 0.525 bits per heavy atom. The lowest BCUT2D eigenvalue weighted by molar-refractivity contribution is -0.887. The van der Waals surface area contributed by atoms with Crippen molar-refractivity contribution in [3.05, 3.63) is 60.8 Å². The topological polar surface area (TPSA) is 99.1 Å². The molecule has 0 bridgehead atoms. The van der Waals surface area contributed by atoms with E-state index in [9.17, 15) is 19.5 Å². The van der Waals surface area contributed by atoms with Crippen LogP contribution >= 0.6 is 0 Å². The average Bonchev–Trinajstić information content (AvgIpc) is 3.19. The molecule has 0 aromatic heterocycles. The molecule has 0 aromatic rings. The van der Waals surface area contributed by atoms with Gasteiger partial charge in [-0.05, 0) is 77.0 Å². The number of carbonyl (C=O) groups excluding carboxylic acids is 2. The van der Waals surface area contributed by atoms with Gasteiger partial charge in [0.2, 0.25) is 0 Å². The van der Waals surface area contributed by atoms with Gasteiger partial charge in [-0.1, -0.05) is 158 Å². The Labute approximate surface area is 362 Å². The molecule has 0 spiro atoms. The molecular weight excluding hydrogens is 739 g/mol. The second-order valence-corrected chi connectivity index (χ2v) is 17.0. The number of esters is 2. The van der Waals surface area contributed by atoms with Gasteiger partial charge in [-0.3, -0.25) is 9.59 Å². The van der Waals surface area contributed by atoms with Gasteiger partial charge in [0.25, 0.3) is 0 Å². The first kappa shape index (κ1) is 56.0. The van der Waals surface area contributed by atoms with Gasteiger partial charge in [0, 0.05) is 19.3 Å². The van der Waals surface area contributed by atoms with Crippen LogP contribution in [0, 0.1) is 0 Å². The molecule has 8 heteroatoms. The van der Waals surface area contributed by atoms with Crippen molar-refractivity contribution in [2.24, 2.45) is 0 Å². The normalized spacial score (nSPS) is 13.4. The summed E-state index contributed by atoms with van der Waals surface area (Å²) in [5.74, 6) is -1.50. The minimum absolute atomic E-state index is 0.0509. The second-order valence-electron chi connectivity index (χ2n) is 17.0. The van der Waals surface area contributed by atoms with Gasteiger partial charge in [-0.15, -0.1) is 0 Å². The van der Waals surface area contributed by atoms with Crippen molar-refractivity contribution in [2.75, 3.05) is 41.0 Å². The van der Waals surface area contributed by atoms with Crippen LogP contribution in [0.2, 0.25) is 0 Å². The van der Waals surface area contributed by atoms with Gasteiger partial charge in [-0.2, -0.15) is 0 Å². The van der Waals surface area contributed by atoms with Crippen LogP contribution in [0.3, 0.4) is 0 Å². The highest BCUT2D eigenvalue weighted by atomic mass is 16.6. The number of allylic oxidation sites excluding steroid dienone is 10. The summed E-state index contributed by atoms with van der Waals surface area (Å²) in [4.78, 5) is 37.1. The SMILES string of the molecule is CC/C=C/C/C=C/C/C=C/C/C=C/CCCCCCCCC(=O)OC(COCCC(C(=O)O)[N+](C)(C)C)COC(=O)CCCCCCC/C=C/CCCCCCCCC.